The highest BCUT2D eigenvalue weighted by molar-refractivity contribution is 6.30. The van der Waals surface area contributed by atoms with Crippen LogP contribution in [-0.2, 0) is 5.54 Å². The van der Waals surface area contributed by atoms with Crippen molar-refractivity contribution < 1.29 is 0 Å². The number of H-pyrrole nitrogens is 1. The van der Waals surface area contributed by atoms with E-state index in [1.165, 1.54) is 31.2 Å². The summed E-state index contributed by atoms with van der Waals surface area (Å²) in [5, 5.41) is 11.7. The molecule has 3 rings (SSSR count). The van der Waals surface area contributed by atoms with Gasteiger partial charge in [0.25, 0.3) is 0 Å². The summed E-state index contributed by atoms with van der Waals surface area (Å²) in [6, 6.07) is 10.6. The number of nitrogens with one attached hydrogen (secondary N) is 2. The van der Waals surface area contributed by atoms with Crippen LogP contribution in [-0.4, -0.2) is 10.2 Å². The number of aromatic amines is 1. The minimum absolute atomic E-state index is 0.0646. The second kappa shape index (κ2) is 5.58. The minimum atomic E-state index is 0.0646. The average Bonchev–Trinajstić information content (AvgIpc) is 3.10. The SMILES string of the molecule is C[C@H](NC1(c2ccc(Cl)cc2)CCCC1)c1ccn[nH]1. The van der Waals surface area contributed by atoms with Gasteiger partial charge in [0.05, 0.1) is 5.69 Å². The van der Waals surface area contributed by atoms with Crippen LogP contribution in [0.4, 0.5) is 0 Å². The van der Waals surface area contributed by atoms with Gasteiger partial charge in [0, 0.05) is 22.8 Å². The molecular weight excluding hydrogens is 270 g/mol. The summed E-state index contributed by atoms with van der Waals surface area (Å²) in [6.45, 7) is 2.18. The molecule has 1 heterocycles. The topological polar surface area (TPSA) is 40.7 Å². The lowest BCUT2D eigenvalue weighted by Crippen LogP contribution is -2.41. The van der Waals surface area contributed by atoms with Crippen molar-refractivity contribution in [3.8, 4) is 0 Å². The van der Waals surface area contributed by atoms with E-state index in [-0.39, 0.29) is 11.6 Å². The maximum atomic E-state index is 6.02. The van der Waals surface area contributed by atoms with E-state index in [9.17, 15) is 0 Å². The van der Waals surface area contributed by atoms with Crippen LogP contribution in [0.2, 0.25) is 5.02 Å². The molecule has 1 fully saturated rings. The molecule has 2 aromatic rings. The Labute approximate surface area is 124 Å². The number of hydrogen-bond donors (Lipinski definition) is 2. The van der Waals surface area contributed by atoms with Crippen molar-refractivity contribution >= 4 is 11.6 Å². The number of nitrogens with zero attached hydrogens (tertiary/aromatic N) is 1. The summed E-state index contributed by atoms with van der Waals surface area (Å²) in [6.07, 6.45) is 6.69. The summed E-state index contributed by atoms with van der Waals surface area (Å²) in [4.78, 5) is 0. The Morgan fingerprint density at radius 3 is 2.50 bits per heavy atom. The monoisotopic (exact) mass is 289 g/mol. The zero-order valence-corrected chi connectivity index (χ0v) is 12.5. The van der Waals surface area contributed by atoms with Gasteiger partial charge in [-0.1, -0.05) is 36.6 Å². The predicted molar refractivity (Wildman–Crippen MR) is 81.7 cm³/mol. The van der Waals surface area contributed by atoms with E-state index in [2.05, 4.69) is 34.6 Å². The maximum absolute atomic E-state index is 6.02. The van der Waals surface area contributed by atoms with Gasteiger partial charge in [-0.25, -0.2) is 0 Å². The highest BCUT2D eigenvalue weighted by atomic mass is 35.5. The molecule has 0 radical (unpaired) electrons. The van der Waals surface area contributed by atoms with Crippen molar-refractivity contribution in [2.75, 3.05) is 0 Å². The highest BCUT2D eigenvalue weighted by Gasteiger charge is 2.36. The Morgan fingerprint density at radius 1 is 1.20 bits per heavy atom. The van der Waals surface area contributed by atoms with E-state index in [0.717, 1.165) is 10.7 Å². The van der Waals surface area contributed by atoms with Crippen molar-refractivity contribution in [2.45, 2.75) is 44.2 Å². The van der Waals surface area contributed by atoms with E-state index in [1.54, 1.807) is 6.20 Å². The first kappa shape index (κ1) is 13.7. The Morgan fingerprint density at radius 2 is 1.90 bits per heavy atom. The Balaban J connectivity index is 1.86. The lowest BCUT2D eigenvalue weighted by atomic mass is 9.87. The molecule has 106 valence electrons. The zero-order valence-electron chi connectivity index (χ0n) is 11.7. The van der Waals surface area contributed by atoms with Crippen LogP contribution in [0.25, 0.3) is 0 Å². The fraction of sp³-hybridized carbons (Fsp3) is 0.438. The van der Waals surface area contributed by atoms with E-state index < -0.39 is 0 Å². The summed E-state index contributed by atoms with van der Waals surface area (Å²) in [5.41, 5.74) is 2.53. The van der Waals surface area contributed by atoms with Crippen LogP contribution in [0.1, 0.15) is 49.9 Å². The van der Waals surface area contributed by atoms with Crippen LogP contribution in [0.15, 0.2) is 36.5 Å². The molecule has 0 spiro atoms. The molecule has 1 atom stereocenters. The standard InChI is InChI=1S/C16H20ClN3/c1-12(15-8-11-18-20-15)19-16(9-2-3-10-16)13-4-6-14(17)7-5-13/h4-8,11-12,19H,2-3,9-10H2,1H3,(H,18,20)/t12-/m0/s1. The number of rotatable bonds is 4. The molecule has 2 N–H and O–H groups in total. The van der Waals surface area contributed by atoms with Crippen LogP contribution in [0.3, 0.4) is 0 Å². The lowest BCUT2D eigenvalue weighted by Gasteiger charge is -2.34. The van der Waals surface area contributed by atoms with Gasteiger partial charge in [0.15, 0.2) is 0 Å². The molecule has 1 aliphatic carbocycles. The number of hydrogen-bond acceptors (Lipinski definition) is 2. The van der Waals surface area contributed by atoms with E-state index >= 15 is 0 Å². The predicted octanol–water partition coefficient (Wildman–Crippen LogP) is 4.18. The molecule has 0 amide bonds. The lowest BCUT2D eigenvalue weighted by molar-refractivity contribution is 0.302. The van der Waals surface area contributed by atoms with Crippen molar-refractivity contribution in [1.82, 2.24) is 15.5 Å². The Bertz CT molecular complexity index is 542. The highest BCUT2D eigenvalue weighted by Crippen LogP contribution is 2.40. The van der Waals surface area contributed by atoms with Crippen molar-refractivity contribution in [3.05, 3.63) is 52.8 Å². The number of benzene rings is 1. The molecule has 0 saturated heterocycles. The van der Waals surface area contributed by atoms with E-state index in [0.29, 0.717) is 0 Å². The second-order valence-electron chi connectivity index (χ2n) is 5.67. The first-order valence-electron chi connectivity index (χ1n) is 7.23. The van der Waals surface area contributed by atoms with Gasteiger partial charge < -0.3 is 0 Å². The van der Waals surface area contributed by atoms with Crippen molar-refractivity contribution in [3.63, 3.8) is 0 Å². The fourth-order valence-electron chi connectivity index (χ4n) is 3.26. The molecular formula is C16H20ClN3. The van der Waals surface area contributed by atoms with Gasteiger partial charge in [-0.05, 0) is 43.5 Å². The smallest absolute Gasteiger partial charge is 0.0518 e. The first-order chi connectivity index (χ1) is 9.70. The van der Waals surface area contributed by atoms with Crippen molar-refractivity contribution in [1.29, 1.82) is 0 Å². The van der Waals surface area contributed by atoms with E-state index in [4.69, 9.17) is 11.6 Å². The van der Waals surface area contributed by atoms with Gasteiger partial charge in [-0.2, -0.15) is 5.10 Å². The molecule has 0 unspecified atom stereocenters. The van der Waals surface area contributed by atoms with Gasteiger partial charge in [0.2, 0.25) is 0 Å². The molecule has 1 aromatic carbocycles. The van der Waals surface area contributed by atoms with Gasteiger partial charge in [0.1, 0.15) is 0 Å². The summed E-state index contributed by atoms with van der Waals surface area (Å²) >= 11 is 6.02. The van der Waals surface area contributed by atoms with Crippen LogP contribution < -0.4 is 5.32 Å². The van der Waals surface area contributed by atoms with E-state index in [1.807, 2.05) is 18.2 Å². The fourth-order valence-corrected chi connectivity index (χ4v) is 3.39. The quantitative estimate of drug-likeness (QED) is 0.886. The molecule has 1 aliphatic rings. The molecule has 1 aromatic heterocycles. The third-order valence-corrected chi connectivity index (χ3v) is 4.59. The van der Waals surface area contributed by atoms with Crippen LogP contribution in [0, 0.1) is 0 Å². The third-order valence-electron chi connectivity index (χ3n) is 4.34. The first-order valence-corrected chi connectivity index (χ1v) is 7.60. The largest absolute Gasteiger partial charge is 0.299 e. The summed E-state index contributed by atoms with van der Waals surface area (Å²) in [5.74, 6) is 0. The van der Waals surface area contributed by atoms with Gasteiger partial charge in [-0.3, -0.25) is 10.4 Å². The molecule has 4 heteroatoms. The molecule has 0 aliphatic heterocycles. The Kier molecular flexibility index (Phi) is 3.81. The molecule has 20 heavy (non-hydrogen) atoms. The maximum Gasteiger partial charge on any atom is 0.0518 e. The number of aromatic nitrogens is 2. The number of halogens is 1. The normalized spacial score (nSPS) is 19.1. The summed E-state index contributed by atoms with van der Waals surface area (Å²) in [7, 11) is 0. The van der Waals surface area contributed by atoms with Crippen LogP contribution in [0.5, 0.6) is 0 Å². The van der Waals surface area contributed by atoms with Crippen LogP contribution >= 0.6 is 11.6 Å². The second-order valence-corrected chi connectivity index (χ2v) is 6.11. The summed E-state index contributed by atoms with van der Waals surface area (Å²) < 4.78 is 0. The zero-order chi connectivity index (χ0) is 14.0. The van der Waals surface area contributed by atoms with Gasteiger partial charge >= 0.3 is 0 Å². The third kappa shape index (κ3) is 2.60. The minimum Gasteiger partial charge on any atom is -0.299 e. The molecule has 1 saturated carbocycles. The molecule has 3 nitrogen and oxygen atoms in total. The Hall–Kier alpha value is -1.32. The van der Waals surface area contributed by atoms with Gasteiger partial charge in [-0.15, -0.1) is 0 Å². The van der Waals surface area contributed by atoms with Crippen molar-refractivity contribution in [2.24, 2.45) is 0 Å². The average molecular weight is 290 g/mol. The molecule has 0 bridgehead atoms.